The van der Waals surface area contributed by atoms with Crippen LogP contribution in [0.4, 0.5) is 4.79 Å². The van der Waals surface area contributed by atoms with E-state index in [1.54, 1.807) is 44.2 Å². The van der Waals surface area contributed by atoms with Crippen LogP contribution in [0.1, 0.15) is 50.9 Å². The van der Waals surface area contributed by atoms with Crippen molar-refractivity contribution in [3.8, 4) is 0 Å². The molecule has 0 fully saturated rings. The molecule has 7 heteroatoms. The quantitative estimate of drug-likeness (QED) is 0.475. The monoisotopic (exact) mass is 379 g/mol. The van der Waals surface area contributed by atoms with E-state index in [-0.39, 0.29) is 12.5 Å². The maximum atomic E-state index is 12.1. The first kappa shape index (κ1) is 22.5. The number of alkyl carbamates (subject to hydrolysis) is 1. The van der Waals surface area contributed by atoms with Crippen LogP contribution >= 0.6 is 0 Å². The van der Waals surface area contributed by atoms with Gasteiger partial charge in [-0.15, -0.1) is 0 Å². The molecule has 0 heterocycles. The summed E-state index contributed by atoms with van der Waals surface area (Å²) in [7, 11) is 0. The number of amides is 1. The zero-order valence-corrected chi connectivity index (χ0v) is 16.3. The molecule has 0 saturated heterocycles. The molecular formula is C20H29NO6. The second-order valence-electron chi connectivity index (χ2n) is 7.18. The number of carbonyl (C=O) groups excluding carboxylic acids is 2. The maximum absolute atomic E-state index is 12.1. The molecule has 27 heavy (non-hydrogen) atoms. The van der Waals surface area contributed by atoms with Crippen molar-refractivity contribution in [2.45, 2.75) is 46.8 Å². The number of rotatable bonds is 10. The number of carbonyl (C=O) groups is 3. The molecule has 150 valence electrons. The fourth-order valence-corrected chi connectivity index (χ4v) is 2.25. The van der Waals surface area contributed by atoms with Crippen LogP contribution in [-0.4, -0.2) is 36.0 Å². The van der Waals surface area contributed by atoms with Crippen LogP contribution < -0.4 is 5.32 Å². The Morgan fingerprint density at radius 3 is 2.15 bits per heavy atom. The predicted molar refractivity (Wildman–Crippen MR) is 100 cm³/mol. The van der Waals surface area contributed by atoms with Crippen molar-refractivity contribution in [1.82, 2.24) is 5.32 Å². The van der Waals surface area contributed by atoms with Crippen molar-refractivity contribution in [3.05, 3.63) is 35.9 Å². The van der Waals surface area contributed by atoms with Gasteiger partial charge in [-0.25, -0.2) is 9.59 Å². The molecule has 0 radical (unpaired) electrons. The Labute approximate surface area is 160 Å². The number of esters is 1. The molecule has 0 aliphatic carbocycles. The Morgan fingerprint density at radius 2 is 1.63 bits per heavy atom. The molecule has 0 spiro atoms. The lowest BCUT2D eigenvalue weighted by Gasteiger charge is -2.22. The Hall–Kier alpha value is -2.57. The predicted octanol–water partition coefficient (Wildman–Crippen LogP) is 3.69. The van der Waals surface area contributed by atoms with E-state index in [2.05, 4.69) is 5.32 Å². The van der Waals surface area contributed by atoms with Gasteiger partial charge in [0.15, 0.2) is 0 Å². The zero-order chi connectivity index (χ0) is 20.4. The highest BCUT2D eigenvalue weighted by Crippen LogP contribution is 2.14. The van der Waals surface area contributed by atoms with Crippen LogP contribution in [0.3, 0.4) is 0 Å². The van der Waals surface area contributed by atoms with Gasteiger partial charge in [-0.1, -0.05) is 52.3 Å². The van der Waals surface area contributed by atoms with Crippen LogP contribution in [0, 0.1) is 17.8 Å². The highest BCUT2D eigenvalue weighted by atomic mass is 16.7. The van der Waals surface area contributed by atoms with E-state index < -0.39 is 30.2 Å². The summed E-state index contributed by atoms with van der Waals surface area (Å²) in [6, 6.07) is 8.40. The van der Waals surface area contributed by atoms with Gasteiger partial charge in [0.1, 0.15) is 0 Å². The van der Waals surface area contributed by atoms with Crippen molar-refractivity contribution in [1.29, 1.82) is 0 Å². The van der Waals surface area contributed by atoms with Crippen LogP contribution in [0.2, 0.25) is 0 Å². The number of nitrogens with one attached hydrogen (secondary N) is 1. The van der Waals surface area contributed by atoms with Crippen molar-refractivity contribution in [2.75, 3.05) is 6.54 Å². The number of carboxylic acid groups (broad SMARTS) is 1. The minimum atomic E-state index is -1.07. The minimum Gasteiger partial charge on any atom is -0.481 e. The van der Waals surface area contributed by atoms with Gasteiger partial charge >= 0.3 is 18.0 Å². The topological polar surface area (TPSA) is 102 Å². The summed E-state index contributed by atoms with van der Waals surface area (Å²) in [6.07, 6.45) is -0.678. The summed E-state index contributed by atoms with van der Waals surface area (Å²) < 4.78 is 10.4. The maximum Gasteiger partial charge on any atom is 0.410 e. The van der Waals surface area contributed by atoms with E-state index in [0.717, 1.165) is 6.42 Å². The average molecular weight is 379 g/mol. The second-order valence-corrected chi connectivity index (χ2v) is 7.18. The van der Waals surface area contributed by atoms with Gasteiger partial charge in [-0.05, 0) is 24.5 Å². The Morgan fingerprint density at radius 1 is 1.00 bits per heavy atom. The van der Waals surface area contributed by atoms with E-state index in [1.807, 2.05) is 13.8 Å². The SMILES string of the molecule is CC(C)CCC(CNC(=O)OC(OC(=O)c1ccccc1)C(C)C)C(=O)O. The first-order chi connectivity index (χ1) is 12.7. The van der Waals surface area contributed by atoms with Crippen LogP contribution in [0.15, 0.2) is 30.3 Å². The van der Waals surface area contributed by atoms with Crippen molar-refractivity contribution in [2.24, 2.45) is 17.8 Å². The molecule has 1 rings (SSSR count). The van der Waals surface area contributed by atoms with Gasteiger partial charge in [0.05, 0.1) is 11.5 Å². The standard InChI is InChI=1S/C20H29NO6/c1-13(2)10-11-16(17(22)23)12-21-20(25)27-19(14(3)4)26-18(24)15-8-6-5-7-9-15/h5-9,13-14,16,19H,10-12H2,1-4H3,(H,21,25)(H,22,23). The molecule has 1 aromatic rings. The van der Waals surface area contributed by atoms with E-state index >= 15 is 0 Å². The van der Waals surface area contributed by atoms with Gasteiger partial charge in [0.25, 0.3) is 6.29 Å². The summed E-state index contributed by atoms with van der Waals surface area (Å²) in [5.74, 6) is -2.14. The van der Waals surface area contributed by atoms with Gasteiger partial charge in [-0.3, -0.25) is 4.79 Å². The Balaban J connectivity index is 2.57. The number of carboxylic acids is 1. The number of benzene rings is 1. The zero-order valence-electron chi connectivity index (χ0n) is 16.3. The number of ether oxygens (including phenoxy) is 2. The molecule has 0 aliphatic heterocycles. The molecule has 2 N–H and O–H groups in total. The molecule has 0 aromatic heterocycles. The fraction of sp³-hybridized carbons (Fsp3) is 0.550. The van der Waals surface area contributed by atoms with Gasteiger partial charge in [-0.2, -0.15) is 0 Å². The third-order valence-corrected chi connectivity index (χ3v) is 3.93. The van der Waals surface area contributed by atoms with E-state index in [0.29, 0.717) is 17.9 Å². The highest BCUT2D eigenvalue weighted by Gasteiger charge is 2.25. The molecule has 0 saturated carbocycles. The van der Waals surface area contributed by atoms with Crippen LogP contribution in [0.5, 0.6) is 0 Å². The third kappa shape index (κ3) is 8.57. The summed E-state index contributed by atoms with van der Waals surface area (Å²) in [4.78, 5) is 35.5. The number of hydrogen-bond acceptors (Lipinski definition) is 5. The largest absolute Gasteiger partial charge is 0.481 e. The molecule has 7 nitrogen and oxygen atoms in total. The summed E-state index contributed by atoms with van der Waals surface area (Å²) in [5, 5.41) is 11.7. The van der Waals surface area contributed by atoms with E-state index in [1.165, 1.54) is 0 Å². The van der Waals surface area contributed by atoms with Gasteiger partial charge in [0, 0.05) is 12.5 Å². The lowest BCUT2D eigenvalue weighted by atomic mass is 9.98. The van der Waals surface area contributed by atoms with E-state index in [4.69, 9.17) is 9.47 Å². The van der Waals surface area contributed by atoms with Gasteiger partial charge in [0.2, 0.25) is 0 Å². The molecule has 1 amide bonds. The first-order valence-electron chi connectivity index (χ1n) is 9.14. The van der Waals surface area contributed by atoms with E-state index in [9.17, 15) is 19.5 Å². The molecular weight excluding hydrogens is 350 g/mol. The number of hydrogen-bond donors (Lipinski definition) is 2. The van der Waals surface area contributed by atoms with Crippen LogP contribution in [-0.2, 0) is 14.3 Å². The fourth-order valence-electron chi connectivity index (χ4n) is 2.25. The third-order valence-electron chi connectivity index (χ3n) is 3.93. The lowest BCUT2D eigenvalue weighted by molar-refractivity contribution is -0.141. The molecule has 2 atom stereocenters. The average Bonchev–Trinajstić information content (AvgIpc) is 2.61. The van der Waals surface area contributed by atoms with Crippen molar-refractivity contribution < 1.29 is 29.0 Å². The molecule has 0 aliphatic rings. The first-order valence-corrected chi connectivity index (χ1v) is 9.14. The minimum absolute atomic E-state index is 0.0433. The van der Waals surface area contributed by atoms with Crippen molar-refractivity contribution in [3.63, 3.8) is 0 Å². The molecule has 1 aromatic carbocycles. The molecule has 2 unspecified atom stereocenters. The van der Waals surface area contributed by atoms with Crippen LogP contribution in [0.25, 0.3) is 0 Å². The Kier molecular flexibility index (Phi) is 9.33. The van der Waals surface area contributed by atoms with Gasteiger partial charge < -0.3 is 19.9 Å². The highest BCUT2D eigenvalue weighted by molar-refractivity contribution is 5.89. The second kappa shape index (κ2) is 11.2. The van der Waals surface area contributed by atoms with Crippen molar-refractivity contribution >= 4 is 18.0 Å². The smallest absolute Gasteiger partial charge is 0.410 e. The number of aliphatic carboxylic acids is 1. The normalized spacial score (nSPS) is 13.1. The molecule has 0 bridgehead atoms. The summed E-state index contributed by atoms with van der Waals surface area (Å²) in [5.41, 5.74) is 0.354. The Bertz CT molecular complexity index is 614. The summed E-state index contributed by atoms with van der Waals surface area (Å²) in [6.45, 7) is 7.47. The lowest BCUT2D eigenvalue weighted by Crippen LogP contribution is -2.38. The summed E-state index contributed by atoms with van der Waals surface area (Å²) >= 11 is 0.